The van der Waals surface area contributed by atoms with Crippen molar-refractivity contribution >= 4 is 15.9 Å². The SMILES string of the molecule is C=CCNS(=O)(=O)c1ccc(C(=O)NC2CCC(O)CC2)cc1. The lowest BCUT2D eigenvalue weighted by atomic mass is 9.93. The number of benzene rings is 1. The van der Waals surface area contributed by atoms with Gasteiger partial charge < -0.3 is 10.4 Å². The molecule has 0 saturated heterocycles. The molecule has 0 unspecified atom stereocenters. The number of hydrogen-bond donors (Lipinski definition) is 3. The molecule has 0 bridgehead atoms. The molecule has 1 aliphatic carbocycles. The molecule has 2 rings (SSSR count). The van der Waals surface area contributed by atoms with E-state index in [-0.39, 0.29) is 29.5 Å². The smallest absolute Gasteiger partial charge is 0.251 e. The molecule has 0 aromatic heterocycles. The molecule has 1 aliphatic rings. The minimum absolute atomic E-state index is 0.0589. The van der Waals surface area contributed by atoms with Crippen molar-refractivity contribution in [3.8, 4) is 0 Å². The number of aliphatic hydroxyl groups excluding tert-OH is 1. The number of hydrogen-bond acceptors (Lipinski definition) is 4. The Morgan fingerprint density at radius 1 is 1.22 bits per heavy atom. The summed E-state index contributed by atoms with van der Waals surface area (Å²) in [4.78, 5) is 12.3. The van der Waals surface area contributed by atoms with Gasteiger partial charge >= 0.3 is 0 Å². The number of amides is 1. The Hall–Kier alpha value is -1.70. The van der Waals surface area contributed by atoms with Crippen molar-refractivity contribution in [2.24, 2.45) is 0 Å². The van der Waals surface area contributed by atoms with Gasteiger partial charge in [0.15, 0.2) is 0 Å². The minimum Gasteiger partial charge on any atom is -0.393 e. The van der Waals surface area contributed by atoms with Gasteiger partial charge in [-0.25, -0.2) is 13.1 Å². The Labute approximate surface area is 136 Å². The van der Waals surface area contributed by atoms with Crippen LogP contribution in [-0.4, -0.2) is 38.1 Å². The Morgan fingerprint density at radius 3 is 2.39 bits per heavy atom. The molecular weight excluding hydrogens is 316 g/mol. The molecule has 0 aliphatic heterocycles. The van der Waals surface area contributed by atoms with Crippen molar-refractivity contribution in [3.05, 3.63) is 42.5 Å². The maximum atomic E-state index is 12.2. The highest BCUT2D eigenvalue weighted by atomic mass is 32.2. The van der Waals surface area contributed by atoms with Crippen LogP contribution in [-0.2, 0) is 10.0 Å². The van der Waals surface area contributed by atoms with Crippen LogP contribution in [0.2, 0.25) is 0 Å². The van der Waals surface area contributed by atoms with E-state index >= 15 is 0 Å². The summed E-state index contributed by atoms with van der Waals surface area (Å²) in [5.41, 5.74) is 0.416. The fraction of sp³-hybridized carbons (Fsp3) is 0.438. The lowest BCUT2D eigenvalue weighted by Gasteiger charge is -2.26. The topological polar surface area (TPSA) is 95.5 Å². The summed E-state index contributed by atoms with van der Waals surface area (Å²) in [6.45, 7) is 3.61. The second-order valence-corrected chi connectivity index (χ2v) is 7.41. The van der Waals surface area contributed by atoms with Crippen molar-refractivity contribution in [1.29, 1.82) is 0 Å². The molecule has 6 nitrogen and oxygen atoms in total. The summed E-state index contributed by atoms with van der Waals surface area (Å²) in [7, 11) is -3.58. The van der Waals surface area contributed by atoms with E-state index < -0.39 is 10.0 Å². The maximum Gasteiger partial charge on any atom is 0.251 e. The summed E-state index contributed by atoms with van der Waals surface area (Å²) < 4.78 is 26.2. The highest BCUT2D eigenvalue weighted by Crippen LogP contribution is 2.19. The molecule has 0 heterocycles. The van der Waals surface area contributed by atoms with Crippen molar-refractivity contribution in [1.82, 2.24) is 10.0 Å². The van der Waals surface area contributed by atoms with Crippen LogP contribution < -0.4 is 10.0 Å². The molecule has 1 saturated carbocycles. The van der Waals surface area contributed by atoms with Crippen molar-refractivity contribution in [2.75, 3.05) is 6.54 Å². The van der Waals surface area contributed by atoms with E-state index in [2.05, 4.69) is 16.6 Å². The van der Waals surface area contributed by atoms with E-state index in [0.29, 0.717) is 18.4 Å². The summed E-state index contributed by atoms with van der Waals surface area (Å²) in [6.07, 6.45) is 4.08. The number of nitrogens with one attached hydrogen (secondary N) is 2. The molecule has 1 aromatic carbocycles. The predicted molar refractivity (Wildman–Crippen MR) is 87.6 cm³/mol. The predicted octanol–water partition coefficient (Wildman–Crippen LogP) is 1.18. The van der Waals surface area contributed by atoms with Gasteiger partial charge in [0.1, 0.15) is 0 Å². The van der Waals surface area contributed by atoms with Gasteiger partial charge in [0.05, 0.1) is 11.0 Å². The van der Waals surface area contributed by atoms with Gasteiger partial charge in [0.25, 0.3) is 5.91 Å². The van der Waals surface area contributed by atoms with E-state index in [4.69, 9.17) is 0 Å². The second-order valence-electron chi connectivity index (χ2n) is 5.64. The largest absolute Gasteiger partial charge is 0.393 e. The van der Waals surface area contributed by atoms with Crippen molar-refractivity contribution in [2.45, 2.75) is 42.7 Å². The summed E-state index contributed by atoms with van der Waals surface area (Å²) in [5.74, 6) is -0.227. The second kappa shape index (κ2) is 7.72. The Morgan fingerprint density at radius 2 is 1.83 bits per heavy atom. The molecule has 3 N–H and O–H groups in total. The first kappa shape index (κ1) is 17.7. The van der Waals surface area contributed by atoms with Crippen molar-refractivity contribution < 1.29 is 18.3 Å². The zero-order valence-corrected chi connectivity index (χ0v) is 13.7. The van der Waals surface area contributed by atoms with Crippen LogP contribution in [0.1, 0.15) is 36.0 Å². The van der Waals surface area contributed by atoms with E-state index in [0.717, 1.165) is 12.8 Å². The first-order chi connectivity index (χ1) is 10.9. The lowest BCUT2D eigenvalue weighted by molar-refractivity contribution is 0.0867. The van der Waals surface area contributed by atoms with Crippen LogP contribution in [0.25, 0.3) is 0 Å². The molecule has 1 fully saturated rings. The standard InChI is InChI=1S/C16H22N2O4S/c1-2-11-17-23(21,22)15-9-3-12(4-10-15)16(20)18-13-5-7-14(19)8-6-13/h2-4,9-10,13-14,17,19H,1,5-8,11H2,(H,18,20). The van der Waals surface area contributed by atoms with Gasteiger partial charge in [-0.3, -0.25) is 4.79 Å². The number of aliphatic hydroxyl groups is 1. The zero-order chi connectivity index (χ0) is 16.9. The molecule has 126 valence electrons. The summed E-state index contributed by atoms with van der Waals surface area (Å²) >= 11 is 0. The Kier molecular flexibility index (Phi) is 5.92. The van der Waals surface area contributed by atoms with E-state index in [1.165, 1.54) is 30.3 Å². The van der Waals surface area contributed by atoms with Gasteiger partial charge in [0, 0.05) is 18.2 Å². The number of rotatable bonds is 6. The highest BCUT2D eigenvalue weighted by molar-refractivity contribution is 7.89. The highest BCUT2D eigenvalue weighted by Gasteiger charge is 2.21. The van der Waals surface area contributed by atoms with Crippen LogP contribution in [0.3, 0.4) is 0 Å². The molecule has 1 aromatic rings. The molecule has 7 heteroatoms. The van der Waals surface area contributed by atoms with Gasteiger partial charge in [-0.1, -0.05) is 6.08 Å². The maximum absolute atomic E-state index is 12.2. The van der Waals surface area contributed by atoms with Gasteiger partial charge in [-0.2, -0.15) is 0 Å². The summed E-state index contributed by atoms with van der Waals surface area (Å²) in [5, 5.41) is 12.4. The first-order valence-corrected chi connectivity index (χ1v) is 9.10. The van der Waals surface area contributed by atoms with Gasteiger partial charge in [0.2, 0.25) is 10.0 Å². The number of carbonyl (C=O) groups is 1. The summed E-state index contributed by atoms with van der Waals surface area (Å²) in [6, 6.07) is 5.87. The number of carbonyl (C=O) groups excluding carboxylic acids is 1. The minimum atomic E-state index is -3.58. The van der Waals surface area contributed by atoms with Crippen LogP contribution in [0.15, 0.2) is 41.8 Å². The van der Waals surface area contributed by atoms with Gasteiger partial charge in [-0.15, -0.1) is 6.58 Å². The van der Waals surface area contributed by atoms with Crippen molar-refractivity contribution in [3.63, 3.8) is 0 Å². The monoisotopic (exact) mass is 338 g/mol. The molecular formula is C16H22N2O4S. The molecule has 0 radical (unpaired) electrons. The average Bonchev–Trinajstić information content (AvgIpc) is 2.55. The first-order valence-electron chi connectivity index (χ1n) is 7.62. The van der Waals surface area contributed by atoms with Crippen LogP contribution in [0.4, 0.5) is 0 Å². The normalized spacial score (nSPS) is 21.6. The lowest BCUT2D eigenvalue weighted by Crippen LogP contribution is -2.38. The van der Waals surface area contributed by atoms with E-state index in [1.54, 1.807) is 0 Å². The third kappa shape index (κ3) is 4.89. The number of sulfonamides is 1. The Balaban J connectivity index is 1.98. The van der Waals surface area contributed by atoms with Gasteiger partial charge in [-0.05, 0) is 49.9 Å². The van der Waals surface area contributed by atoms with E-state index in [9.17, 15) is 18.3 Å². The average molecular weight is 338 g/mol. The fourth-order valence-electron chi connectivity index (χ4n) is 2.53. The zero-order valence-electron chi connectivity index (χ0n) is 12.9. The molecule has 0 spiro atoms. The van der Waals surface area contributed by atoms with Crippen LogP contribution in [0.5, 0.6) is 0 Å². The van der Waals surface area contributed by atoms with Crippen LogP contribution >= 0.6 is 0 Å². The van der Waals surface area contributed by atoms with Crippen LogP contribution in [0, 0.1) is 0 Å². The van der Waals surface area contributed by atoms with E-state index in [1.807, 2.05) is 0 Å². The third-order valence-corrected chi connectivity index (χ3v) is 5.32. The molecule has 1 amide bonds. The molecule has 0 atom stereocenters. The quantitative estimate of drug-likeness (QED) is 0.679. The third-order valence-electron chi connectivity index (χ3n) is 3.88. The fourth-order valence-corrected chi connectivity index (χ4v) is 3.52. The Bertz CT molecular complexity index is 647. The molecule has 23 heavy (non-hydrogen) atoms.